The summed E-state index contributed by atoms with van der Waals surface area (Å²) in [4.78, 5) is 5.24. The zero-order chi connectivity index (χ0) is 19.0. The number of aliphatic hydroxyl groups excluding tert-OH is 1. The van der Waals surface area contributed by atoms with Crippen molar-refractivity contribution in [2.75, 3.05) is 45.6 Å². The molecule has 2 aliphatic heterocycles. The van der Waals surface area contributed by atoms with Crippen LogP contribution in [0.5, 0.6) is 0 Å². The highest BCUT2D eigenvalue weighted by molar-refractivity contribution is 7.90. The molecule has 0 amide bonds. The van der Waals surface area contributed by atoms with Gasteiger partial charge in [-0.1, -0.05) is 12.1 Å². The van der Waals surface area contributed by atoms with Crippen LogP contribution in [0.2, 0.25) is 0 Å². The third-order valence-electron chi connectivity index (χ3n) is 6.46. The lowest BCUT2D eigenvalue weighted by atomic mass is 9.77. The minimum Gasteiger partial charge on any atom is -0.391 e. The van der Waals surface area contributed by atoms with Gasteiger partial charge in [0.15, 0.2) is 9.84 Å². The van der Waals surface area contributed by atoms with Gasteiger partial charge in [0.2, 0.25) is 0 Å². The minimum absolute atomic E-state index is 0.238. The molecular weight excluding hydrogens is 364 g/mol. The fourth-order valence-corrected chi connectivity index (χ4v) is 5.67. The Labute approximate surface area is 162 Å². The van der Waals surface area contributed by atoms with Crippen molar-refractivity contribution in [2.24, 2.45) is 11.8 Å². The summed E-state index contributed by atoms with van der Waals surface area (Å²) >= 11 is 0. The third-order valence-corrected chi connectivity index (χ3v) is 7.59. The van der Waals surface area contributed by atoms with E-state index >= 15 is 0 Å². The molecule has 1 aliphatic carbocycles. The molecule has 2 saturated heterocycles. The van der Waals surface area contributed by atoms with Crippen molar-refractivity contribution in [1.29, 1.82) is 0 Å². The van der Waals surface area contributed by atoms with E-state index < -0.39 is 9.84 Å². The molecule has 6 nitrogen and oxygen atoms in total. The lowest BCUT2D eigenvalue weighted by molar-refractivity contribution is -0.0520. The second-order valence-electron chi connectivity index (χ2n) is 8.38. The summed E-state index contributed by atoms with van der Waals surface area (Å²) in [6.45, 7) is 6.32. The molecule has 0 spiro atoms. The number of sulfone groups is 1. The molecule has 1 saturated carbocycles. The van der Waals surface area contributed by atoms with Gasteiger partial charge in [-0.3, -0.25) is 9.80 Å². The quantitative estimate of drug-likeness (QED) is 0.822. The summed E-state index contributed by atoms with van der Waals surface area (Å²) in [5.74, 6) is 1.20. The Kier molecular flexibility index (Phi) is 5.58. The van der Waals surface area contributed by atoms with Gasteiger partial charge in [-0.2, -0.15) is 0 Å². The van der Waals surface area contributed by atoms with Gasteiger partial charge in [0.05, 0.1) is 24.2 Å². The van der Waals surface area contributed by atoms with Crippen LogP contribution in [0.4, 0.5) is 0 Å². The van der Waals surface area contributed by atoms with Gasteiger partial charge in [0.1, 0.15) is 0 Å². The molecule has 0 unspecified atom stereocenters. The third kappa shape index (κ3) is 4.38. The zero-order valence-electron chi connectivity index (χ0n) is 16.0. The Bertz CT molecular complexity index is 746. The zero-order valence-corrected chi connectivity index (χ0v) is 16.8. The van der Waals surface area contributed by atoms with E-state index in [1.54, 1.807) is 12.1 Å². The van der Waals surface area contributed by atoms with E-state index in [0.29, 0.717) is 16.7 Å². The second kappa shape index (κ2) is 7.79. The van der Waals surface area contributed by atoms with Gasteiger partial charge in [0, 0.05) is 45.0 Å². The summed E-state index contributed by atoms with van der Waals surface area (Å²) < 4.78 is 28.7. The predicted octanol–water partition coefficient (Wildman–Crippen LogP) is 0.994. The Morgan fingerprint density at radius 2 is 1.70 bits per heavy atom. The summed E-state index contributed by atoms with van der Waals surface area (Å²) in [6.07, 6.45) is 2.95. The molecule has 3 aliphatic rings. The molecule has 7 heteroatoms. The van der Waals surface area contributed by atoms with Crippen LogP contribution in [0.3, 0.4) is 0 Å². The molecule has 0 radical (unpaired) electrons. The molecule has 2 heterocycles. The van der Waals surface area contributed by atoms with E-state index in [1.807, 2.05) is 12.1 Å². The molecule has 1 aromatic carbocycles. The number of likely N-dealkylation sites (tertiary alicyclic amines) is 1. The van der Waals surface area contributed by atoms with Crippen LogP contribution >= 0.6 is 0 Å². The predicted molar refractivity (Wildman–Crippen MR) is 103 cm³/mol. The van der Waals surface area contributed by atoms with Gasteiger partial charge in [-0.15, -0.1) is 0 Å². The van der Waals surface area contributed by atoms with Crippen molar-refractivity contribution in [3.8, 4) is 0 Å². The van der Waals surface area contributed by atoms with Gasteiger partial charge >= 0.3 is 0 Å². The molecule has 0 bridgehead atoms. The summed E-state index contributed by atoms with van der Waals surface area (Å²) in [5, 5.41) is 10.7. The maximum absolute atomic E-state index is 11.6. The Balaban J connectivity index is 1.37. The molecule has 3 fully saturated rings. The van der Waals surface area contributed by atoms with Crippen molar-refractivity contribution in [3.05, 3.63) is 29.8 Å². The smallest absolute Gasteiger partial charge is 0.175 e. The van der Waals surface area contributed by atoms with Crippen LogP contribution in [0.15, 0.2) is 29.2 Å². The van der Waals surface area contributed by atoms with Crippen LogP contribution in [-0.4, -0.2) is 81.1 Å². The number of nitrogens with zero attached hydrogens (tertiary/aromatic N) is 2. The second-order valence-corrected chi connectivity index (χ2v) is 10.4. The topological polar surface area (TPSA) is 70.1 Å². The number of ether oxygens (including phenoxy) is 1. The first kappa shape index (κ1) is 19.3. The summed E-state index contributed by atoms with van der Waals surface area (Å²) in [7, 11) is -3.14. The van der Waals surface area contributed by atoms with Gasteiger partial charge in [-0.25, -0.2) is 8.42 Å². The summed E-state index contributed by atoms with van der Waals surface area (Å²) in [6, 6.07) is 7.51. The Morgan fingerprint density at radius 1 is 1.07 bits per heavy atom. The van der Waals surface area contributed by atoms with Crippen LogP contribution < -0.4 is 0 Å². The highest BCUT2D eigenvalue weighted by atomic mass is 32.2. The van der Waals surface area contributed by atoms with E-state index in [9.17, 15) is 13.5 Å². The van der Waals surface area contributed by atoms with Crippen LogP contribution in [0.25, 0.3) is 0 Å². The molecule has 1 aromatic rings. The number of morpholine rings is 1. The number of hydrogen-bond acceptors (Lipinski definition) is 6. The van der Waals surface area contributed by atoms with E-state index in [1.165, 1.54) is 6.26 Å². The van der Waals surface area contributed by atoms with Crippen molar-refractivity contribution in [2.45, 2.75) is 36.4 Å². The maximum Gasteiger partial charge on any atom is 0.175 e. The first-order valence-corrected chi connectivity index (χ1v) is 11.8. The first-order valence-electron chi connectivity index (χ1n) is 9.91. The fraction of sp³-hybridized carbons (Fsp3) is 0.700. The maximum atomic E-state index is 11.6. The van der Waals surface area contributed by atoms with E-state index in [0.717, 1.165) is 64.3 Å². The number of fused-ring (bicyclic) bond motifs is 1. The minimum atomic E-state index is -3.14. The van der Waals surface area contributed by atoms with Crippen molar-refractivity contribution < 1.29 is 18.3 Å². The van der Waals surface area contributed by atoms with Gasteiger partial charge in [-0.05, 0) is 42.4 Å². The molecule has 27 heavy (non-hydrogen) atoms. The number of benzene rings is 1. The fourth-order valence-electron chi connectivity index (χ4n) is 5.04. The van der Waals surface area contributed by atoms with Crippen LogP contribution in [-0.2, 0) is 21.1 Å². The van der Waals surface area contributed by atoms with Crippen molar-refractivity contribution in [1.82, 2.24) is 9.80 Å². The Morgan fingerprint density at radius 3 is 2.33 bits per heavy atom. The monoisotopic (exact) mass is 394 g/mol. The van der Waals surface area contributed by atoms with Gasteiger partial charge in [0.25, 0.3) is 0 Å². The number of aliphatic hydroxyl groups is 1. The van der Waals surface area contributed by atoms with Crippen LogP contribution in [0.1, 0.15) is 18.4 Å². The van der Waals surface area contributed by atoms with Crippen LogP contribution in [0, 0.1) is 11.8 Å². The molecule has 1 N–H and O–H groups in total. The Hall–Kier alpha value is -0.990. The highest BCUT2D eigenvalue weighted by Crippen LogP contribution is 2.39. The standard InChI is InChI=1S/C20H30N2O4S/c1-27(24,25)18-4-2-15(3-5-18)12-21-13-16-10-19(20(23)11-17(16)14-21)22-6-8-26-9-7-22/h2-5,16-17,19-20,23H,6-14H2,1H3/t16-,17+,19-,20-/m1/s1. The SMILES string of the molecule is CS(=O)(=O)c1ccc(CN2C[C@H]3C[C@@H](N4CCOCC4)[C@H](O)C[C@H]3C2)cc1. The average Bonchev–Trinajstić information content (AvgIpc) is 3.02. The highest BCUT2D eigenvalue weighted by Gasteiger charge is 2.43. The van der Waals surface area contributed by atoms with Crippen molar-refractivity contribution >= 4 is 9.84 Å². The average molecular weight is 395 g/mol. The number of rotatable bonds is 4. The molecule has 0 aromatic heterocycles. The summed E-state index contributed by atoms with van der Waals surface area (Å²) in [5.41, 5.74) is 1.14. The van der Waals surface area contributed by atoms with E-state index in [4.69, 9.17) is 4.74 Å². The molecule has 4 atom stereocenters. The molecule has 4 rings (SSSR count). The van der Waals surface area contributed by atoms with Gasteiger partial charge < -0.3 is 9.84 Å². The molecular formula is C20H30N2O4S. The normalized spacial score (nSPS) is 33.1. The lowest BCUT2D eigenvalue weighted by Gasteiger charge is -2.43. The first-order chi connectivity index (χ1) is 12.9. The lowest BCUT2D eigenvalue weighted by Crippen LogP contribution is -2.53. The van der Waals surface area contributed by atoms with E-state index in [2.05, 4.69) is 9.80 Å². The number of hydrogen-bond donors (Lipinski definition) is 1. The largest absolute Gasteiger partial charge is 0.391 e. The van der Waals surface area contributed by atoms with Crippen molar-refractivity contribution in [3.63, 3.8) is 0 Å². The molecule has 150 valence electrons. The van der Waals surface area contributed by atoms with E-state index in [-0.39, 0.29) is 12.1 Å².